The molecule has 0 spiro atoms. The average molecular weight is 617 g/mol. The van der Waals surface area contributed by atoms with Gasteiger partial charge in [-0.05, 0) is 87.1 Å². The number of nitrogens with one attached hydrogen (secondary N) is 1. The summed E-state index contributed by atoms with van der Waals surface area (Å²) in [7, 11) is 0. The van der Waals surface area contributed by atoms with Crippen molar-refractivity contribution < 1.29 is 4.42 Å². The number of para-hydroxylation sites is 1. The van der Waals surface area contributed by atoms with Gasteiger partial charge in [-0.3, -0.25) is 0 Å². The van der Waals surface area contributed by atoms with Crippen LogP contribution in [-0.4, -0.2) is 0 Å². The van der Waals surface area contributed by atoms with Gasteiger partial charge in [-0.2, -0.15) is 0 Å². The number of furan rings is 1. The third kappa shape index (κ3) is 5.03. The summed E-state index contributed by atoms with van der Waals surface area (Å²) in [6.07, 6.45) is 2.12. The van der Waals surface area contributed by atoms with Crippen molar-refractivity contribution in [1.82, 2.24) is 5.32 Å². The van der Waals surface area contributed by atoms with Gasteiger partial charge in [-0.25, -0.2) is 0 Å². The molecule has 8 aromatic rings. The number of hydrogen-bond acceptors (Lipinski definition) is 3. The van der Waals surface area contributed by atoms with E-state index in [2.05, 4.69) is 174 Å². The van der Waals surface area contributed by atoms with Gasteiger partial charge in [0.15, 0.2) is 0 Å². The van der Waals surface area contributed by atoms with Crippen LogP contribution in [0.3, 0.4) is 0 Å². The summed E-state index contributed by atoms with van der Waals surface area (Å²) in [5, 5.41) is 7.07. The Balaban J connectivity index is 1.09. The Morgan fingerprint density at radius 2 is 1.00 bits per heavy atom. The van der Waals surface area contributed by atoms with Gasteiger partial charge >= 0.3 is 0 Å². The zero-order valence-corrected chi connectivity index (χ0v) is 26.3. The van der Waals surface area contributed by atoms with Crippen molar-refractivity contribution in [2.45, 2.75) is 6.54 Å². The maximum absolute atomic E-state index is 6.21. The second-order valence-corrected chi connectivity index (χ2v) is 12.2. The minimum absolute atomic E-state index is 0.688. The average Bonchev–Trinajstić information content (AvgIpc) is 3.55. The molecule has 0 saturated carbocycles. The van der Waals surface area contributed by atoms with E-state index in [4.69, 9.17) is 4.42 Å². The number of fused-ring (bicyclic) bond motifs is 4. The van der Waals surface area contributed by atoms with Crippen LogP contribution in [0.1, 0.15) is 16.9 Å². The van der Waals surface area contributed by atoms with Gasteiger partial charge in [-0.1, -0.05) is 121 Å². The third-order valence-corrected chi connectivity index (χ3v) is 9.32. The van der Waals surface area contributed by atoms with E-state index in [0.29, 0.717) is 6.54 Å². The molecule has 1 aromatic heterocycles. The summed E-state index contributed by atoms with van der Waals surface area (Å²) in [5.74, 6) is 0.976. The summed E-state index contributed by atoms with van der Waals surface area (Å²) < 4.78 is 6.21. The molecule has 1 aliphatic heterocycles. The minimum atomic E-state index is 0.688. The summed E-state index contributed by atoms with van der Waals surface area (Å²) in [6.45, 7) is 0.688. The topological polar surface area (TPSA) is 28.4 Å². The molecule has 0 atom stereocenters. The Labute approximate surface area is 280 Å². The first-order chi connectivity index (χ1) is 23.8. The molecule has 2 heterocycles. The first-order valence-electron chi connectivity index (χ1n) is 16.4. The van der Waals surface area contributed by atoms with Crippen LogP contribution in [0.15, 0.2) is 180 Å². The number of benzene rings is 7. The predicted octanol–water partition coefficient (Wildman–Crippen LogP) is 11.9. The third-order valence-electron chi connectivity index (χ3n) is 9.32. The largest absolute Gasteiger partial charge is 0.459 e. The van der Waals surface area contributed by atoms with Crippen molar-refractivity contribution in [1.29, 1.82) is 0 Å². The molecule has 1 N–H and O–H groups in total. The fourth-order valence-electron chi connectivity index (χ4n) is 6.90. The number of rotatable bonds is 6. The molecule has 48 heavy (non-hydrogen) atoms. The second-order valence-electron chi connectivity index (χ2n) is 12.2. The van der Waals surface area contributed by atoms with Crippen molar-refractivity contribution in [3.63, 3.8) is 0 Å². The molecule has 0 fully saturated rings. The van der Waals surface area contributed by atoms with E-state index in [1.807, 2.05) is 12.1 Å². The van der Waals surface area contributed by atoms with Crippen LogP contribution in [0.2, 0.25) is 0 Å². The zero-order valence-electron chi connectivity index (χ0n) is 26.3. The van der Waals surface area contributed by atoms with Crippen LogP contribution < -0.4 is 10.2 Å². The molecule has 3 nitrogen and oxygen atoms in total. The van der Waals surface area contributed by atoms with Crippen molar-refractivity contribution in [2.75, 3.05) is 4.90 Å². The molecule has 0 saturated heterocycles. The van der Waals surface area contributed by atoms with E-state index >= 15 is 0 Å². The summed E-state index contributed by atoms with van der Waals surface area (Å²) in [5.41, 5.74) is 12.5. The van der Waals surface area contributed by atoms with Crippen LogP contribution in [0, 0.1) is 0 Å². The van der Waals surface area contributed by atoms with E-state index in [-0.39, 0.29) is 0 Å². The van der Waals surface area contributed by atoms with Crippen LogP contribution in [0.25, 0.3) is 49.6 Å². The van der Waals surface area contributed by atoms with Crippen molar-refractivity contribution in [2.24, 2.45) is 0 Å². The lowest BCUT2D eigenvalue weighted by Gasteiger charge is -2.26. The van der Waals surface area contributed by atoms with E-state index < -0.39 is 0 Å². The van der Waals surface area contributed by atoms with E-state index in [9.17, 15) is 0 Å². The van der Waals surface area contributed by atoms with Crippen LogP contribution >= 0.6 is 0 Å². The van der Waals surface area contributed by atoms with Crippen LogP contribution in [-0.2, 0) is 6.54 Å². The van der Waals surface area contributed by atoms with Gasteiger partial charge in [-0.15, -0.1) is 0 Å². The fourth-order valence-corrected chi connectivity index (χ4v) is 6.90. The van der Waals surface area contributed by atoms with Crippen molar-refractivity contribution >= 4 is 44.4 Å². The summed E-state index contributed by atoms with van der Waals surface area (Å²) >= 11 is 0. The highest BCUT2D eigenvalue weighted by Crippen LogP contribution is 2.40. The normalized spacial score (nSPS) is 12.4. The smallest absolute Gasteiger partial charge is 0.135 e. The molecule has 0 aliphatic carbocycles. The molecular weight excluding hydrogens is 585 g/mol. The highest BCUT2D eigenvalue weighted by atomic mass is 16.3. The maximum atomic E-state index is 6.21. The predicted molar refractivity (Wildman–Crippen MR) is 200 cm³/mol. The lowest BCUT2D eigenvalue weighted by molar-refractivity contribution is 0.531. The monoisotopic (exact) mass is 616 g/mol. The van der Waals surface area contributed by atoms with Crippen molar-refractivity contribution in [3.8, 4) is 22.3 Å². The number of nitrogens with zero attached hydrogens (tertiary/aromatic N) is 1. The SMILES string of the molecule is C1=C(c2ccc(N(c3ccc(-c4ccccc4)cc3)c3ccc(-c4ccc5ccccc5c4)cc3)cc2)c2c(oc3ccccc23)CN1. The first kappa shape index (κ1) is 27.9. The Kier molecular flexibility index (Phi) is 6.87. The molecular formula is C45H32N2O. The van der Waals surface area contributed by atoms with Gasteiger partial charge < -0.3 is 14.6 Å². The molecule has 0 bridgehead atoms. The Bertz CT molecular complexity index is 2420. The highest BCUT2D eigenvalue weighted by molar-refractivity contribution is 5.98. The molecule has 3 heteroatoms. The maximum Gasteiger partial charge on any atom is 0.135 e. The summed E-state index contributed by atoms with van der Waals surface area (Å²) in [4.78, 5) is 2.33. The zero-order chi connectivity index (χ0) is 31.9. The van der Waals surface area contributed by atoms with E-state index in [1.54, 1.807) is 0 Å². The van der Waals surface area contributed by atoms with Gasteiger partial charge in [0.2, 0.25) is 0 Å². The number of hydrogen-bond donors (Lipinski definition) is 1. The first-order valence-corrected chi connectivity index (χ1v) is 16.4. The van der Waals surface area contributed by atoms with Crippen LogP contribution in [0.4, 0.5) is 17.1 Å². The lowest BCUT2D eigenvalue weighted by Crippen LogP contribution is -2.13. The molecule has 0 amide bonds. The van der Waals surface area contributed by atoms with Gasteiger partial charge in [0.05, 0.1) is 6.54 Å². The van der Waals surface area contributed by atoms with Gasteiger partial charge in [0, 0.05) is 39.8 Å². The highest BCUT2D eigenvalue weighted by Gasteiger charge is 2.22. The Hall–Kier alpha value is -6.32. The Morgan fingerprint density at radius 1 is 0.458 bits per heavy atom. The number of anilines is 3. The second kappa shape index (κ2) is 11.8. The Morgan fingerprint density at radius 3 is 1.71 bits per heavy atom. The van der Waals surface area contributed by atoms with Crippen molar-refractivity contribution in [3.05, 3.63) is 193 Å². The standard InChI is InChI=1S/C45H32N2O/c1-2-8-31(9-3-1)33-16-22-38(23-17-33)47(39-24-18-34(19-25-39)37-15-14-32-10-4-5-11-36(32)28-37)40-26-20-35(21-27-40)42-29-46-30-44-45(42)41-12-6-7-13-43(41)48-44/h1-29,46H,30H2. The van der Waals surface area contributed by atoms with E-state index in [0.717, 1.165) is 44.9 Å². The fraction of sp³-hybridized carbons (Fsp3) is 0.0222. The van der Waals surface area contributed by atoms with E-state index in [1.165, 1.54) is 38.6 Å². The quantitative estimate of drug-likeness (QED) is 0.201. The molecule has 0 unspecified atom stereocenters. The summed E-state index contributed by atoms with van der Waals surface area (Å²) in [6, 6.07) is 60.6. The van der Waals surface area contributed by atoms with Gasteiger partial charge in [0.25, 0.3) is 0 Å². The molecule has 7 aromatic carbocycles. The molecule has 1 aliphatic rings. The molecule has 0 radical (unpaired) electrons. The van der Waals surface area contributed by atoms with Gasteiger partial charge in [0.1, 0.15) is 11.3 Å². The minimum Gasteiger partial charge on any atom is -0.459 e. The lowest BCUT2D eigenvalue weighted by atomic mass is 9.94. The molecule has 9 rings (SSSR count). The van der Waals surface area contributed by atoms with Crippen LogP contribution in [0.5, 0.6) is 0 Å². The molecule has 228 valence electrons.